The zero-order valence-corrected chi connectivity index (χ0v) is 11.2. The molecule has 2 rings (SSSR count). The van der Waals surface area contributed by atoms with Crippen LogP contribution in [-0.2, 0) is 0 Å². The van der Waals surface area contributed by atoms with Crippen molar-refractivity contribution in [3.63, 3.8) is 0 Å². The Kier molecular flexibility index (Phi) is 3.26. The van der Waals surface area contributed by atoms with Gasteiger partial charge in [-0.1, -0.05) is 39.8 Å². The maximum atomic E-state index is 14.0. The molecule has 2 atom stereocenters. The summed E-state index contributed by atoms with van der Waals surface area (Å²) in [6.45, 7) is 9.61. The molecule has 94 valence electrons. The molecule has 0 bridgehead atoms. The van der Waals surface area contributed by atoms with Crippen LogP contribution >= 0.6 is 0 Å². The van der Waals surface area contributed by atoms with Crippen molar-refractivity contribution in [3.8, 4) is 0 Å². The van der Waals surface area contributed by atoms with E-state index in [0.717, 1.165) is 24.1 Å². The second-order valence-corrected chi connectivity index (χ2v) is 6.06. The highest BCUT2D eigenvalue weighted by molar-refractivity contribution is 5.37. The van der Waals surface area contributed by atoms with Crippen molar-refractivity contribution in [2.24, 2.45) is 5.41 Å². The number of nitrogens with one attached hydrogen (secondary N) is 1. The lowest BCUT2D eigenvalue weighted by molar-refractivity contribution is 0.250. The highest BCUT2D eigenvalue weighted by Gasteiger charge is 2.34. The Morgan fingerprint density at radius 2 is 2.06 bits per heavy atom. The quantitative estimate of drug-likeness (QED) is 0.775. The molecule has 1 N–H and O–H groups in total. The van der Waals surface area contributed by atoms with Crippen LogP contribution in [0.4, 0.5) is 4.39 Å². The van der Waals surface area contributed by atoms with Crippen LogP contribution in [-0.4, -0.2) is 6.54 Å². The summed E-state index contributed by atoms with van der Waals surface area (Å²) in [6.07, 6.45) is 0.984. The molecule has 0 aromatic heterocycles. The SMILES string of the molecule is CCC1CNC(C(C)(C)C)c2cccc(F)c21. The van der Waals surface area contributed by atoms with Gasteiger partial charge < -0.3 is 5.32 Å². The lowest BCUT2D eigenvalue weighted by Gasteiger charge is -2.39. The van der Waals surface area contributed by atoms with E-state index in [1.165, 1.54) is 0 Å². The molecule has 0 radical (unpaired) electrons. The van der Waals surface area contributed by atoms with E-state index in [1.807, 2.05) is 6.07 Å². The third-order valence-corrected chi connectivity index (χ3v) is 3.73. The van der Waals surface area contributed by atoms with Crippen LogP contribution in [0.5, 0.6) is 0 Å². The normalized spacial score (nSPS) is 24.5. The molecular formula is C15H22FN. The molecule has 1 nitrogen and oxygen atoms in total. The van der Waals surface area contributed by atoms with Crippen molar-refractivity contribution >= 4 is 0 Å². The van der Waals surface area contributed by atoms with Crippen LogP contribution in [0.1, 0.15) is 57.2 Å². The van der Waals surface area contributed by atoms with Gasteiger partial charge in [-0.2, -0.15) is 0 Å². The summed E-state index contributed by atoms with van der Waals surface area (Å²) in [7, 11) is 0. The van der Waals surface area contributed by atoms with Crippen LogP contribution in [0.3, 0.4) is 0 Å². The number of hydrogen-bond acceptors (Lipinski definition) is 1. The van der Waals surface area contributed by atoms with Gasteiger partial charge in [0.15, 0.2) is 0 Å². The highest BCUT2D eigenvalue weighted by Crippen LogP contribution is 2.41. The van der Waals surface area contributed by atoms with E-state index in [4.69, 9.17) is 0 Å². The molecule has 2 unspecified atom stereocenters. The van der Waals surface area contributed by atoms with Crippen molar-refractivity contribution in [3.05, 3.63) is 35.1 Å². The second-order valence-electron chi connectivity index (χ2n) is 6.06. The van der Waals surface area contributed by atoms with Crippen molar-refractivity contribution in [2.45, 2.75) is 46.1 Å². The predicted octanol–water partition coefficient (Wildman–Crippen LogP) is 4.01. The summed E-state index contributed by atoms with van der Waals surface area (Å²) >= 11 is 0. The van der Waals surface area contributed by atoms with E-state index >= 15 is 0 Å². The first-order valence-electron chi connectivity index (χ1n) is 6.46. The third-order valence-electron chi connectivity index (χ3n) is 3.73. The molecule has 0 aliphatic carbocycles. The van der Waals surface area contributed by atoms with Crippen LogP contribution in [0.2, 0.25) is 0 Å². The number of hydrogen-bond donors (Lipinski definition) is 1. The predicted molar refractivity (Wildman–Crippen MR) is 69.6 cm³/mol. The first-order valence-corrected chi connectivity index (χ1v) is 6.46. The van der Waals surface area contributed by atoms with E-state index in [9.17, 15) is 4.39 Å². The van der Waals surface area contributed by atoms with Crippen molar-refractivity contribution in [2.75, 3.05) is 6.54 Å². The lowest BCUT2D eigenvalue weighted by atomic mass is 9.75. The molecular weight excluding hydrogens is 213 g/mol. The van der Waals surface area contributed by atoms with Crippen molar-refractivity contribution < 1.29 is 4.39 Å². The van der Waals surface area contributed by atoms with Gasteiger partial charge in [0.1, 0.15) is 5.82 Å². The van der Waals surface area contributed by atoms with Gasteiger partial charge in [0, 0.05) is 12.6 Å². The molecule has 1 aromatic rings. The van der Waals surface area contributed by atoms with Crippen LogP contribution < -0.4 is 5.32 Å². The van der Waals surface area contributed by atoms with Gasteiger partial charge >= 0.3 is 0 Å². The van der Waals surface area contributed by atoms with Crippen LogP contribution in [0.25, 0.3) is 0 Å². The Balaban J connectivity index is 2.52. The maximum Gasteiger partial charge on any atom is 0.127 e. The Morgan fingerprint density at radius 1 is 1.35 bits per heavy atom. The summed E-state index contributed by atoms with van der Waals surface area (Å²) in [4.78, 5) is 0. The molecule has 17 heavy (non-hydrogen) atoms. The summed E-state index contributed by atoms with van der Waals surface area (Å²) in [6, 6.07) is 5.73. The summed E-state index contributed by atoms with van der Waals surface area (Å²) in [5.74, 6) is 0.273. The molecule has 0 spiro atoms. The Hall–Kier alpha value is -0.890. The fourth-order valence-corrected chi connectivity index (χ4v) is 2.83. The van der Waals surface area contributed by atoms with Gasteiger partial charge in [-0.05, 0) is 34.9 Å². The molecule has 1 aromatic carbocycles. The summed E-state index contributed by atoms with van der Waals surface area (Å²) < 4.78 is 14.0. The van der Waals surface area contributed by atoms with Gasteiger partial charge in [0.2, 0.25) is 0 Å². The lowest BCUT2D eigenvalue weighted by Crippen LogP contribution is -2.40. The second kappa shape index (κ2) is 4.41. The van der Waals surface area contributed by atoms with Crippen molar-refractivity contribution in [1.29, 1.82) is 0 Å². The molecule has 0 saturated carbocycles. The standard InChI is InChI=1S/C15H22FN/c1-5-10-9-17-14(15(2,3)4)11-7-6-8-12(16)13(10)11/h6-8,10,14,17H,5,9H2,1-4H3. The smallest absolute Gasteiger partial charge is 0.127 e. The molecule has 2 heteroatoms. The van der Waals surface area contributed by atoms with E-state index in [2.05, 4.69) is 39.1 Å². The largest absolute Gasteiger partial charge is 0.309 e. The van der Waals surface area contributed by atoms with Gasteiger partial charge in [-0.25, -0.2) is 4.39 Å². The Labute approximate surface area is 103 Å². The topological polar surface area (TPSA) is 12.0 Å². The van der Waals surface area contributed by atoms with E-state index < -0.39 is 0 Å². The minimum atomic E-state index is -0.0369. The van der Waals surface area contributed by atoms with Gasteiger partial charge in [-0.3, -0.25) is 0 Å². The minimum absolute atomic E-state index is 0.0369. The van der Waals surface area contributed by atoms with Gasteiger partial charge in [0.25, 0.3) is 0 Å². The van der Waals surface area contributed by atoms with E-state index in [1.54, 1.807) is 6.07 Å². The Bertz CT molecular complexity index is 406. The minimum Gasteiger partial charge on any atom is -0.309 e. The van der Waals surface area contributed by atoms with Crippen molar-refractivity contribution in [1.82, 2.24) is 5.32 Å². The molecule has 0 saturated heterocycles. The summed E-state index contributed by atoms with van der Waals surface area (Å²) in [5, 5.41) is 3.58. The maximum absolute atomic E-state index is 14.0. The van der Waals surface area contributed by atoms with E-state index in [-0.39, 0.29) is 17.3 Å². The van der Waals surface area contributed by atoms with Crippen LogP contribution in [0, 0.1) is 11.2 Å². The monoisotopic (exact) mass is 235 g/mol. The van der Waals surface area contributed by atoms with Crippen LogP contribution in [0.15, 0.2) is 18.2 Å². The molecule has 1 aliphatic heterocycles. The van der Waals surface area contributed by atoms with Gasteiger partial charge in [-0.15, -0.1) is 0 Å². The Morgan fingerprint density at radius 3 is 2.65 bits per heavy atom. The molecule has 1 heterocycles. The zero-order valence-electron chi connectivity index (χ0n) is 11.2. The fourth-order valence-electron chi connectivity index (χ4n) is 2.83. The molecule has 1 aliphatic rings. The number of rotatable bonds is 1. The first kappa shape index (κ1) is 12.6. The van der Waals surface area contributed by atoms with E-state index in [0.29, 0.717) is 5.92 Å². The summed E-state index contributed by atoms with van der Waals surface area (Å²) in [5.41, 5.74) is 2.20. The first-order chi connectivity index (χ1) is 7.95. The average Bonchev–Trinajstić information content (AvgIpc) is 2.26. The zero-order chi connectivity index (χ0) is 12.6. The third kappa shape index (κ3) is 2.23. The molecule has 0 amide bonds. The van der Waals surface area contributed by atoms with Gasteiger partial charge in [0.05, 0.1) is 0 Å². The average molecular weight is 235 g/mol. The fraction of sp³-hybridized carbons (Fsp3) is 0.600. The highest BCUT2D eigenvalue weighted by atomic mass is 19.1. The molecule has 0 fully saturated rings. The number of halogens is 1. The number of fused-ring (bicyclic) bond motifs is 1. The number of benzene rings is 1.